The summed E-state index contributed by atoms with van der Waals surface area (Å²) in [5.41, 5.74) is 3.62. The van der Waals surface area contributed by atoms with E-state index in [9.17, 15) is 9.59 Å². The number of ketones is 1. The van der Waals surface area contributed by atoms with Gasteiger partial charge in [0.25, 0.3) is 0 Å². The number of hydrogen-bond acceptors (Lipinski definition) is 3. The van der Waals surface area contributed by atoms with Gasteiger partial charge in [0.15, 0.2) is 0 Å². The Morgan fingerprint density at radius 1 is 0.885 bits per heavy atom. The molecule has 1 aromatic carbocycles. The van der Waals surface area contributed by atoms with Crippen LogP contribution in [0.1, 0.15) is 73.6 Å². The second kappa shape index (κ2) is 7.17. The molecule has 2 saturated carbocycles. The molecule has 0 spiro atoms. The van der Waals surface area contributed by atoms with Crippen LogP contribution in [0.15, 0.2) is 12.1 Å². The number of fused-ring (bicyclic) bond motifs is 1. The van der Waals surface area contributed by atoms with Gasteiger partial charge in [-0.25, -0.2) is 0 Å². The zero-order valence-corrected chi connectivity index (χ0v) is 16.7. The highest BCUT2D eigenvalue weighted by molar-refractivity contribution is 5.94. The summed E-state index contributed by atoms with van der Waals surface area (Å²) in [6.07, 6.45) is 7.84. The SMILES string of the molecule is COC(=O)C12CCCCC1(C(=O)Cc1c(C)cc(C)cc1C)CCCC2. The fourth-order valence-corrected chi connectivity index (χ4v) is 5.87. The number of rotatable bonds is 4. The van der Waals surface area contributed by atoms with Crippen molar-refractivity contribution >= 4 is 11.8 Å². The fraction of sp³-hybridized carbons (Fsp3) is 0.652. The Hall–Kier alpha value is -1.64. The monoisotopic (exact) mass is 356 g/mol. The van der Waals surface area contributed by atoms with Crippen LogP contribution in [0.25, 0.3) is 0 Å². The van der Waals surface area contributed by atoms with E-state index in [1.165, 1.54) is 23.8 Å². The maximum Gasteiger partial charge on any atom is 0.312 e. The zero-order valence-electron chi connectivity index (χ0n) is 16.7. The number of benzene rings is 1. The summed E-state index contributed by atoms with van der Waals surface area (Å²) in [6.45, 7) is 6.28. The highest BCUT2D eigenvalue weighted by Crippen LogP contribution is 2.60. The molecule has 0 bridgehead atoms. The summed E-state index contributed by atoms with van der Waals surface area (Å²) < 4.78 is 5.25. The van der Waals surface area contributed by atoms with E-state index < -0.39 is 10.8 Å². The third-order valence-electron chi connectivity index (χ3n) is 7.12. The van der Waals surface area contributed by atoms with Crippen molar-refractivity contribution in [1.29, 1.82) is 0 Å². The molecule has 3 nitrogen and oxygen atoms in total. The lowest BCUT2D eigenvalue weighted by Gasteiger charge is -2.53. The van der Waals surface area contributed by atoms with Crippen LogP contribution in [0.3, 0.4) is 0 Å². The van der Waals surface area contributed by atoms with Gasteiger partial charge < -0.3 is 4.74 Å². The van der Waals surface area contributed by atoms with Crippen LogP contribution in [0.4, 0.5) is 0 Å². The summed E-state index contributed by atoms with van der Waals surface area (Å²) >= 11 is 0. The highest BCUT2D eigenvalue weighted by Gasteiger charge is 2.62. The van der Waals surface area contributed by atoms with Gasteiger partial charge in [-0.1, -0.05) is 43.4 Å². The highest BCUT2D eigenvalue weighted by atomic mass is 16.5. The van der Waals surface area contributed by atoms with E-state index in [0.717, 1.165) is 56.9 Å². The average molecular weight is 357 g/mol. The molecule has 0 heterocycles. The molecule has 3 rings (SSSR count). The molecular formula is C23H32O3. The summed E-state index contributed by atoms with van der Waals surface area (Å²) in [5.74, 6) is 0.111. The van der Waals surface area contributed by atoms with Gasteiger partial charge in [0.2, 0.25) is 0 Å². The topological polar surface area (TPSA) is 43.4 Å². The first kappa shape index (κ1) is 19.1. The Kier molecular flexibility index (Phi) is 5.28. The van der Waals surface area contributed by atoms with Crippen molar-refractivity contribution in [2.75, 3.05) is 7.11 Å². The Bertz CT molecular complexity index is 681. The Morgan fingerprint density at radius 2 is 1.35 bits per heavy atom. The molecule has 0 aromatic heterocycles. The molecule has 0 radical (unpaired) electrons. The first-order chi connectivity index (χ1) is 12.4. The van der Waals surface area contributed by atoms with Crippen LogP contribution < -0.4 is 0 Å². The van der Waals surface area contributed by atoms with Gasteiger partial charge in [-0.3, -0.25) is 9.59 Å². The molecule has 0 saturated heterocycles. The Balaban J connectivity index is 2.01. The van der Waals surface area contributed by atoms with Gasteiger partial charge in [0.05, 0.1) is 12.5 Å². The van der Waals surface area contributed by atoms with Gasteiger partial charge in [-0.2, -0.15) is 0 Å². The van der Waals surface area contributed by atoms with Crippen molar-refractivity contribution in [2.24, 2.45) is 10.8 Å². The van der Waals surface area contributed by atoms with E-state index in [1.807, 2.05) is 0 Å². The standard InChI is InChI=1S/C23H32O3/c1-16-13-17(2)19(18(3)14-16)15-20(24)22-9-5-7-11-23(22,21(25)26-4)12-8-6-10-22/h13-14H,5-12,15H2,1-4H3. The molecule has 0 aliphatic heterocycles. The van der Waals surface area contributed by atoms with Gasteiger partial charge in [-0.15, -0.1) is 0 Å². The molecule has 0 N–H and O–H groups in total. The summed E-state index contributed by atoms with van der Waals surface area (Å²) in [4.78, 5) is 26.6. The predicted octanol–water partition coefficient (Wildman–Crippen LogP) is 5.02. The zero-order chi connectivity index (χ0) is 18.9. The normalized spacial score (nSPS) is 28.3. The van der Waals surface area contributed by atoms with Gasteiger partial charge >= 0.3 is 5.97 Å². The second-order valence-corrected chi connectivity index (χ2v) is 8.55. The van der Waals surface area contributed by atoms with Crippen molar-refractivity contribution in [3.05, 3.63) is 34.4 Å². The maximum atomic E-state index is 13.7. The van der Waals surface area contributed by atoms with Crippen LogP contribution in [0, 0.1) is 31.6 Å². The molecule has 3 heteroatoms. The van der Waals surface area contributed by atoms with Crippen LogP contribution in [0.2, 0.25) is 0 Å². The first-order valence-corrected chi connectivity index (χ1v) is 10.0. The molecule has 2 aliphatic carbocycles. The maximum absolute atomic E-state index is 13.7. The minimum atomic E-state index is -0.595. The lowest BCUT2D eigenvalue weighted by Crippen LogP contribution is -2.57. The predicted molar refractivity (Wildman–Crippen MR) is 103 cm³/mol. The van der Waals surface area contributed by atoms with Crippen molar-refractivity contribution < 1.29 is 14.3 Å². The number of hydrogen-bond donors (Lipinski definition) is 0. The van der Waals surface area contributed by atoms with E-state index in [-0.39, 0.29) is 11.8 Å². The van der Waals surface area contributed by atoms with Crippen LogP contribution in [0.5, 0.6) is 0 Å². The molecule has 0 atom stereocenters. The molecule has 2 fully saturated rings. The van der Waals surface area contributed by atoms with E-state index in [0.29, 0.717) is 6.42 Å². The average Bonchev–Trinajstić information content (AvgIpc) is 2.63. The number of methoxy groups -OCH3 is 1. The van der Waals surface area contributed by atoms with Crippen molar-refractivity contribution in [3.63, 3.8) is 0 Å². The number of esters is 1. The van der Waals surface area contributed by atoms with Gasteiger partial charge in [0.1, 0.15) is 5.78 Å². The second-order valence-electron chi connectivity index (χ2n) is 8.55. The van der Waals surface area contributed by atoms with E-state index in [1.54, 1.807) is 0 Å². The van der Waals surface area contributed by atoms with Crippen LogP contribution >= 0.6 is 0 Å². The van der Waals surface area contributed by atoms with Crippen molar-refractivity contribution in [2.45, 2.75) is 78.6 Å². The number of carbonyl (C=O) groups is 2. The number of carbonyl (C=O) groups excluding carboxylic acids is 2. The summed E-state index contributed by atoms with van der Waals surface area (Å²) in [7, 11) is 1.48. The third-order valence-corrected chi connectivity index (χ3v) is 7.12. The Morgan fingerprint density at radius 3 is 1.81 bits per heavy atom. The van der Waals surface area contributed by atoms with E-state index in [2.05, 4.69) is 32.9 Å². The van der Waals surface area contributed by atoms with Gasteiger partial charge in [-0.05, 0) is 63.1 Å². The largest absolute Gasteiger partial charge is 0.469 e. The lowest BCUT2D eigenvalue weighted by molar-refractivity contribution is -0.178. The van der Waals surface area contributed by atoms with E-state index >= 15 is 0 Å². The quantitative estimate of drug-likeness (QED) is 0.712. The molecule has 2 aliphatic rings. The van der Waals surface area contributed by atoms with Crippen LogP contribution in [-0.4, -0.2) is 18.9 Å². The lowest BCUT2D eigenvalue weighted by atomic mass is 9.48. The number of ether oxygens (including phenoxy) is 1. The Labute approximate surface area is 157 Å². The van der Waals surface area contributed by atoms with Crippen LogP contribution in [-0.2, 0) is 20.7 Å². The fourth-order valence-electron chi connectivity index (χ4n) is 5.87. The van der Waals surface area contributed by atoms with Crippen molar-refractivity contribution in [3.8, 4) is 0 Å². The minimum Gasteiger partial charge on any atom is -0.469 e. The molecule has 0 unspecified atom stereocenters. The van der Waals surface area contributed by atoms with E-state index in [4.69, 9.17) is 4.74 Å². The molecule has 1 aromatic rings. The summed E-state index contributed by atoms with van der Waals surface area (Å²) in [6, 6.07) is 4.31. The molecule has 0 amide bonds. The van der Waals surface area contributed by atoms with Gasteiger partial charge in [0, 0.05) is 11.8 Å². The number of aryl methyl sites for hydroxylation is 3. The first-order valence-electron chi connectivity index (χ1n) is 10.0. The molecule has 26 heavy (non-hydrogen) atoms. The third kappa shape index (κ3) is 2.90. The summed E-state index contributed by atoms with van der Waals surface area (Å²) in [5, 5.41) is 0. The number of Topliss-reactive ketones (excluding diaryl/α,β-unsaturated/α-hetero) is 1. The molecule has 142 valence electrons. The smallest absolute Gasteiger partial charge is 0.312 e. The minimum absolute atomic E-state index is 0.150. The van der Waals surface area contributed by atoms with Crippen molar-refractivity contribution in [1.82, 2.24) is 0 Å². The molecular weight excluding hydrogens is 324 g/mol.